The summed E-state index contributed by atoms with van der Waals surface area (Å²) >= 11 is 0. The molecule has 0 unspecified atom stereocenters. The molecule has 2 aromatic rings. The van der Waals surface area contributed by atoms with Gasteiger partial charge in [0, 0.05) is 18.0 Å². The maximum Gasteiger partial charge on any atom is 0.126 e. The lowest BCUT2D eigenvalue weighted by Crippen LogP contribution is -1.90. The number of hydrogen-bond acceptors (Lipinski definition) is 2. The second-order valence-electron chi connectivity index (χ2n) is 4.45. The number of rotatable bonds is 2. The molecule has 0 saturated heterocycles. The molecule has 0 amide bonds. The van der Waals surface area contributed by atoms with Crippen molar-refractivity contribution in [3.63, 3.8) is 0 Å². The Morgan fingerprint density at radius 1 is 1.16 bits per heavy atom. The standard InChI is InChI=1S/C16H15NO.ClH/c1-18-15-6-2-5-13-7-8-14(16(13)15)10-12-4-3-9-17-11-12;/h2-6,9-11H,7-8H2,1H3;1H. The van der Waals surface area contributed by atoms with E-state index in [1.165, 1.54) is 16.7 Å². The van der Waals surface area contributed by atoms with Crippen molar-refractivity contribution in [2.45, 2.75) is 12.8 Å². The molecule has 2 nitrogen and oxygen atoms in total. The average molecular weight is 274 g/mol. The Kier molecular flexibility index (Phi) is 4.23. The van der Waals surface area contributed by atoms with Crippen molar-refractivity contribution in [2.75, 3.05) is 7.11 Å². The molecule has 0 atom stereocenters. The monoisotopic (exact) mass is 273 g/mol. The number of halogens is 1. The maximum absolute atomic E-state index is 5.47. The van der Waals surface area contributed by atoms with Crippen molar-refractivity contribution in [3.8, 4) is 5.75 Å². The summed E-state index contributed by atoms with van der Waals surface area (Å²) in [5.41, 5.74) is 5.13. The fourth-order valence-electron chi connectivity index (χ4n) is 2.52. The van der Waals surface area contributed by atoms with Crippen LogP contribution in [0.4, 0.5) is 0 Å². The van der Waals surface area contributed by atoms with Crippen LogP contribution in [0.15, 0.2) is 42.7 Å². The number of allylic oxidation sites excluding steroid dienone is 1. The molecule has 1 heterocycles. The van der Waals surface area contributed by atoms with Gasteiger partial charge in [-0.2, -0.15) is 0 Å². The van der Waals surface area contributed by atoms with Crippen molar-refractivity contribution < 1.29 is 4.74 Å². The molecule has 0 fully saturated rings. The molecule has 1 aromatic carbocycles. The normalized spacial score (nSPS) is 14.9. The van der Waals surface area contributed by atoms with Gasteiger partial charge in [0.2, 0.25) is 0 Å². The Morgan fingerprint density at radius 3 is 2.79 bits per heavy atom. The number of ether oxygens (including phenoxy) is 1. The van der Waals surface area contributed by atoms with E-state index in [2.05, 4.69) is 29.3 Å². The SMILES string of the molecule is COc1cccc2c1C(=Cc1cccnc1)CC2.Cl. The lowest BCUT2D eigenvalue weighted by atomic mass is 10.0. The van der Waals surface area contributed by atoms with Gasteiger partial charge in [-0.3, -0.25) is 4.98 Å². The molecule has 1 aromatic heterocycles. The highest BCUT2D eigenvalue weighted by atomic mass is 35.5. The first-order valence-corrected chi connectivity index (χ1v) is 6.15. The van der Waals surface area contributed by atoms with E-state index in [4.69, 9.17) is 4.74 Å². The van der Waals surface area contributed by atoms with Gasteiger partial charge in [-0.05, 0) is 47.8 Å². The predicted molar refractivity (Wildman–Crippen MR) is 80.7 cm³/mol. The van der Waals surface area contributed by atoms with Gasteiger partial charge in [0.15, 0.2) is 0 Å². The molecule has 3 rings (SSSR count). The molecule has 19 heavy (non-hydrogen) atoms. The lowest BCUT2D eigenvalue weighted by molar-refractivity contribution is 0.413. The summed E-state index contributed by atoms with van der Waals surface area (Å²) in [6.45, 7) is 0. The van der Waals surface area contributed by atoms with Crippen LogP contribution in [0.3, 0.4) is 0 Å². The van der Waals surface area contributed by atoms with E-state index in [9.17, 15) is 0 Å². The van der Waals surface area contributed by atoms with Crippen LogP contribution in [0, 0.1) is 0 Å². The van der Waals surface area contributed by atoms with Crippen LogP contribution in [0.25, 0.3) is 11.6 Å². The third-order valence-electron chi connectivity index (χ3n) is 3.34. The van der Waals surface area contributed by atoms with Gasteiger partial charge >= 0.3 is 0 Å². The number of hydrogen-bond donors (Lipinski definition) is 0. The average Bonchev–Trinajstić information content (AvgIpc) is 2.83. The second-order valence-corrected chi connectivity index (χ2v) is 4.45. The zero-order valence-corrected chi connectivity index (χ0v) is 11.6. The minimum atomic E-state index is 0. The third kappa shape index (κ3) is 2.64. The van der Waals surface area contributed by atoms with Gasteiger partial charge in [-0.15, -0.1) is 12.4 Å². The first kappa shape index (κ1) is 13.6. The van der Waals surface area contributed by atoms with Crippen LogP contribution in [0.1, 0.15) is 23.1 Å². The van der Waals surface area contributed by atoms with Gasteiger partial charge in [0.05, 0.1) is 7.11 Å². The molecular formula is C16H16ClNO. The Morgan fingerprint density at radius 2 is 2.05 bits per heavy atom. The summed E-state index contributed by atoms with van der Waals surface area (Å²) < 4.78 is 5.47. The van der Waals surface area contributed by atoms with Crippen LogP contribution in [0.5, 0.6) is 5.75 Å². The van der Waals surface area contributed by atoms with E-state index in [0.717, 1.165) is 24.2 Å². The Labute approximate surface area is 119 Å². The number of methoxy groups -OCH3 is 1. The largest absolute Gasteiger partial charge is 0.496 e. The van der Waals surface area contributed by atoms with E-state index < -0.39 is 0 Å². The number of fused-ring (bicyclic) bond motifs is 1. The van der Waals surface area contributed by atoms with E-state index in [1.54, 1.807) is 13.3 Å². The van der Waals surface area contributed by atoms with Crippen LogP contribution < -0.4 is 4.74 Å². The van der Waals surface area contributed by atoms with Gasteiger partial charge in [-0.25, -0.2) is 0 Å². The molecule has 1 aliphatic carbocycles. The highest BCUT2D eigenvalue weighted by molar-refractivity contribution is 5.87. The highest BCUT2D eigenvalue weighted by Crippen LogP contribution is 2.39. The molecule has 0 radical (unpaired) electrons. The van der Waals surface area contributed by atoms with Crippen molar-refractivity contribution in [1.82, 2.24) is 4.98 Å². The van der Waals surface area contributed by atoms with Crippen LogP contribution in [-0.4, -0.2) is 12.1 Å². The second kappa shape index (κ2) is 5.89. The molecule has 0 saturated carbocycles. The number of aryl methyl sites for hydroxylation is 1. The molecule has 0 N–H and O–H groups in total. The first-order valence-electron chi connectivity index (χ1n) is 6.15. The van der Waals surface area contributed by atoms with Gasteiger partial charge in [0.1, 0.15) is 5.75 Å². The highest BCUT2D eigenvalue weighted by Gasteiger charge is 2.19. The predicted octanol–water partition coefficient (Wildman–Crippen LogP) is 4.00. The number of nitrogens with zero attached hydrogens (tertiary/aromatic N) is 1. The van der Waals surface area contributed by atoms with Gasteiger partial charge in [-0.1, -0.05) is 18.2 Å². The van der Waals surface area contributed by atoms with Crippen LogP contribution in [0.2, 0.25) is 0 Å². The summed E-state index contributed by atoms with van der Waals surface area (Å²) in [7, 11) is 1.73. The Balaban J connectivity index is 0.00000133. The minimum absolute atomic E-state index is 0. The fraction of sp³-hybridized carbons (Fsp3) is 0.188. The number of pyridine rings is 1. The summed E-state index contributed by atoms with van der Waals surface area (Å²) in [5.74, 6) is 0.972. The summed E-state index contributed by atoms with van der Waals surface area (Å²) in [6.07, 6.45) is 8.07. The quantitative estimate of drug-likeness (QED) is 0.825. The van der Waals surface area contributed by atoms with Crippen LogP contribution >= 0.6 is 12.4 Å². The van der Waals surface area contributed by atoms with Gasteiger partial charge in [0.25, 0.3) is 0 Å². The summed E-state index contributed by atoms with van der Waals surface area (Å²) in [4.78, 5) is 4.15. The first-order chi connectivity index (χ1) is 8.88. The Bertz CT molecular complexity index is 593. The molecule has 3 heteroatoms. The van der Waals surface area contributed by atoms with E-state index >= 15 is 0 Å². The van der Waals surface area contributed by atoms with E-state index in [0.29, 0.717) is 0 Å². The van der Waals surface area contributed by atoms with E-state index in [1.807, 2.05) is 18.3 Å². The molecule has 98 valence electrons. The molecule has 1 aliphatic rings. The fourth-order valence-corrected chi connectivity index (χ4v) is 2.52. The topological polar surface area (TPSA) is 22.1 Å². The summed E-state index contributed by atoms with van der Waals surface area (Å²) in [5, 5.41) is 0. The van der Waals surface area contributed by atoms with Gasteiger partial charge < -0.3 is 4.74 Å². The zero-order valence-electron chi connectivity index (χ0n) is 10.8. The lowest BCUT2D eigenvalue weighted by Gasteiger charge is -2.08. The molecule has 0 aliphatic heterocycles. The van der Waals surface area contributed by atoms with Crippen molar-refractivity contribution in [3.05, 3.63) is 59.4 Å². The van der Waals surface area contributed by atoms with E-state index in [-0.39, 0.29) is 12.4 Å². The number of aromatic nitrogens is 1. The Hall–Kier alpha value is -1.80. The summed E-state index contributed by atoms with van der Waals surface area (Å²) in [6, 6.07) is 10.3. The third-order valence-corrected chi connectivity index (χ3v) is 3.34. The van der Waals surface area contributed by atoms with Crippen molar-refractivity contribution in [1.29, 1.82) is 0 Å². The smallest absolute Gasteiger partial charge is 0.126 e. The minimum Gasteiger partial charge on any atom is -0.496 e. The number of benzene rings is 1. The van der Waals surface area contributed by atoms with Crippen molar-refractivity contribution in [2.24, 2.45) is 0 Å². The molecular weight excluding hydrogens is 258 g/mol. The maximum atomic E-state index is 5.47. The zero-order chi connectivity index (χ0) is 12.4. The molecule has 0 spiro atoms. The molecule has 0 bridgehead atoms. The van der Waals surface area contributed by atoms with Crippen LogP contribution in [-0.2, 0) is 6.42 Å². The van der Waals surface area contributed by atoms with Crippen molar-refractivity contribution >= 4 is 24.1 Å².